The quantitative estimate of drug-likeness (QED) is 0.750. The highest BCUT2D eigenvalue weighted by Gasteiger charge is 2.11. The Kier molecular flexibility index (Phi) is 7.15. The third kappa shape index (κ3) is 6.12. The maximum Gasteiger partial charge on any atom is 0.222 e. The average molecular weight is 296 g/mol. The molecule has 0 bridgehead atoms. The van der Waals surface area contributed by atoms with Crippen LogP contribution in [-0.4, -0.2) is 37.6 Å². The number of amides is 1. The second-order valence-electron chi connectivity index (χ2n) is 5.43. The Morgan fingerprint density at radius 3 is 2.71 bits per heavy atom. The van der Waals surface area contributed by atoms with E-state index in [9.17, 15) is 9.18 Å². The second-order valence-corrected chi connectivity index (χ2v) is 5.43. The molecule has 0 unspecified atom stereocenters. The number of hydrogen-bond acceptors (Lipinski definition) is 3. The van der Waals surface area contributed by atoms with Gasteiger partial charge in [-0.1, -0.05) is 19.9 Å². The molecule has 0 radical (unpaired) electrons. The number of halogens is 1. The van der Waals surface area contributed by atoms with Crippen molar-refractivity contribution in [1.29, 1.82) is 0 Å². The van der Waals surface area contributed by atoms with Gasteiger partial charge in [-0.2, -0.15) is 0 Å². The van der Waals surface area contributed by atoms with E-state index < -0.39 is 5.82 Å². The van der Waals surface area contributed by atoms with Crippen LogP contribution in [0.5, 0.6) is 5.75 Å². The molecule has 0 atom stereocenters. The number of carbonyl (C=O) groups excluding carboxylic acids is 1. The molecule has 4 nitrogen and oxygen atoms in total. The number of nitrogens with zero attached hydrogens (tertiary/aromatic N) is 1. The number of ether oxygens (including phenoxy) is 1. The van der Waals surface area contributed by atoms with Crippen LogP contribution in [0.15, 0.2) is 18.2 Å². The van der Waals surface area contributed by atoms with Gasteiger partial charge in [-0.15, -0.1) is 0 Å². The lowest BCUT2D eigenvalue weighted by Crippen LogP contribution is -2.28. The maximum atomic E-state index is 13.6. The first-order chi connectivity index (χ1) is 9.93. The van der Waals surface area contributed by atoms with Gasteiger partial charge in [0.1, 0.15) is 0 Å². The summed E-state index contributed by atoms with van der Waals surface area (Å²) in [5, 5.41) is 3.28. The molecule has 0 saturated heterocycles. The molecule has 0 aliphatic heterocycles. The van der Waals surface area contributed by atoms with E-state index in [1.165, 1.54) is 13.2 Å². The standard InChI is InChI=1S/C16H25FN2O2/c1-12(2)18-9-5-6-16(20)19(3)11-13-7-8-15(21-4)14(17)10-13/h7-8,10,12,18H,5-6,9,11H2,1-4H3. The van der Waals surface area contributed by atoms with Crippen LogP contribution in [-0.2, 0) is 11.3 Å². The molecule has 1 amide bonds. The highest BCUT2D eigenvalue weighted by molar-refractivity contribution is 5.75. The zero-order valence-corrected chi connectivity index (χ0v) is 13.3. The van der Waals surface area contributed by atoms with Gasteiger partial charge in [-0.05, 0) is 30.7 Å². The molecule has 0 heterocycles. The van der Waals surface area contributed by atoms with Crippen molar-refractivity contribution in [2.75, 3.05) is 20.7 Å². The van der Waals surface area contributed by atoms with Gasteiger partial charge in [-0.3, -0.25) is 4.79 Å². The summed E-state index contributed by atoms with van der Waals surface area (Å²) in [5.74, 6) is -0.124. The summed E-state index contributed by atoms with van der Waals surface area (Å²) in [7, 11) is 3.17. The number of hydrogen-bond donors (Lipinski definition) is 1. The van der Waals surface area contributed by atoms with E-state index in [1.807, 2.05) is 0 Å². The van der Waals surface area contributed by atoms with Crippen molar-refractivity contribution in [2.24, 2.45) is 0 Å². The Bertz CT molecular complexity index is 464. The normalized spacial score (nSPS) is 10.8. The van der Waals surface area contributed by atoms with Crippen LogP contribution in [0.4, 0.5) is 4.39 Å². The van der Waals surface area contributed by atoms with Crippen molar-refractivity contribution >= 4 is 5.91 Å². The Morgan fingerprint density at radius 2 is 2.14 bits per heavy atom. The average Bonchev–Trinajstić information content (AvgIpc) is 2.43. The fraction of sp³-hybridized carbons (Fsp3) is 0.562. The topological polar surface area (TPSA) is 41.6 Å². The lowest BCUT2D eigenvalue weighted by Gasteiger charge is -2.18. The molecule has 1 N–H and O–H groups in total. The van der Waals surface area contributed by atoms with Crippen LogP contribution in [0, 0.1) is 5.82 Å². The molecule has 0 aliphatic rings. The third-order valence-corrected chi connectivity index (χ3v) is 3.18. The number of rotatable bonds is 8. The summed E-state index contributed by atoms with van der Waals surface area (Å²) in [4.78, 5) is 13.6. The van der Waals surface area contributed by atoms with Crippen LogP contribution < -0.4 is 10.1 Å². The molecule has 0 aliphatic carbocycles. The number of methoxy groups -OCH3 is 1. The van der Waals surface area contributed by atoms with Gasteiger partial charge in [0.2, 0.25) is 5.91 Å². The molecular weight excluding hydrogens is 271 g/mol. The lowest BCUT2D eigenvalue weighted by molar-refractivity contribution is -0.130. The van der Waals surface area contributed by atoms with Gasteiger partial charge in [0, 0.05) is 26.1 Å². The summed E-state index contributed by atoms with van der Waals surface area (Å²) in [6, 6.07) is 5.19. The van der Waals surface area contributed by atoms with E-state index in [4.69, 9.17) is 4.74 Å². The van der Waals surface area contributed by atoms with Gasteiger partial charge in [0.05, 0.1) is 7.11 Å². The van der Waals surface area contributed by atoms with Crippen molar-refractivity contribution in [2.45, 2.75) is 39.3 Å². The van der Waals surface area contributed by atoms with Gasteiger partial charge in [-0.25, -0.2) is 4.39 Å². The number of carbonyl (C=O) groups is 1. The number of nitrogens with one attached hydrogen (secondary N) is 1. The Hall–Kier alpha value is -1.62. The van der Waals surface area contributed by atoms with Crippen molar-refractivity contribution < 1.29 is 13.9 Å². The fourth-order valence-corrected chi connectivity index (χ4v) is 1.99. The molecule has 0 saturated carbocycles. The highest BCUT2D eigenvalue weighted by atomic mass is 19.1. The molecule has 0 fully saturated rings. The fourth-order valence-electron chi connectivity index (χ4n) is 1.99. The van der Waals surface area contributed by atoms with Crippen LogP contribution in [0.25, 0.3) is 0 Å². The summed E-state index contributed by atoms with van der Waals surface area (Å²) < 4.78 is 18.5. The minimum atomic E-state index is -0.406. The zero-order chi connectivity index (χ0) is 15.8. The smallest absolute Gasteiger partial charge is 0.222 e. The molecule has 1 aromatic carbocycles. The van der Waals surface area contributed by atoms with E-state index in [1.54, 1.807) is 24.1 Å². The highest BCUT2D eigenvalue weighted by Crippen LogP contribution is 2.18. The van der Waals surface area contributed by atoms with Crippen molar-refractivity contribution in [3.05, 3.63) is 29.6 Å². The van der Waals surface area contributed by atoms with Crippen molar-refractivity contribution in [3.63, 3.8) is 0 Å². The van der Waals surface area contributed by atoms with Crippen LogP contribution in [0.3, 0.4) is 0 Å². The predicted octanol–water partition coefficient (Wildman–Crippen LogP) is 2.57. The van der Waals surface area contributed by atoms with Crippen molar-refractivity contribution in [1.82, 2.24) is 10.2 Å². The Balaban J connectivity index is 2.43. The monoisotopic (exact) mass is 296 g/mol. The second kappa shape index (κ2) is 8.62. The van der Waals surface area contributed by atoms with E-state index in [0.717, 1.165) is 18.5 Å². The van der Waals surface area contributed by atoms with Crippen LogP contribution >= 0.6 is 0 Å². The molecule has 1 aromatic rings. The Morgan fingerprint density at radius 1 is 1.43 bits per heavy atom. The molecule has 0 spiro atoms. The molecule has 21 heavy (non-hydrogen) atoms. The summed E-state index contributed by atoms with van der Waals surface area (Å²) in [6.07, 6.45) is 1.30. The summed E-state index contributed by atoms with van der Waals surface area (Å²) in [6.45, 7) is 5.38. The van der Waals surface area contributed by atoms with Gasteiger partial charge in [0.15, 0.2) is 11.6 Å². The summed E-state index contributed by atoms with van der Waals surface area (Å²) in [5.41, 5.74) is 0.754. The zero-order valence-electron chi connectivity index (χ0n) is 13.3. The predicted molar refractivity (Wildman–Crippen MR) is 81.8 cm³/mol. The first-order valence-electron chi connectivity index (χ1n) is 7.23. The van der Waals surface area contributed by atoms with Gasteiger partial charge in [0.25, 0.3) is 0 Å². The summed E-state index contributed by atoms with van der Waals surface area (Å²) >= 11 is 0. The van der Waals surface area contributed by atoms with Gasteiger partial charge < -0.3 is 15.0 Å². The minimum absolute atomic E-state index is 0.0665. The molecule has 0 aromatic heterocycles. The molecule has 118 valence electrons. The lowest BCUT2D eigenvalue weighted by atomic mass is 10.2. The van der Waals surface area contributed by atoms with Crippen molar-refractivity contribution in [3.8, 4) is 5.75 Å². The van der Waals surface area contributed by atoms with Crippen LogP contribution in [0.2, 0.25) is 0 Å². The first kappa shape index (κ1) is 17.4. The first-order valence-corrected chi connectivity index (χ1v) is 7.23. The van der Waals surface area contributed by atoms with Crippen LogP contribution in [0.1, 0.15) is 32.3 Å². The molecule has 1 rings (SSSR count). The van der Waals surface area contributed by atoms with E-state index >= 15 is 0 Å². The minimum Gasteiger partial charge on any atom is -0.494 e. The third-order valence-electron chi connectivity index (χ3n) is 3.18. The number of benzene rings is 1. The largest absolute Gasteiger partial charge is 0.494 e. The van der Waals surface area contributed by atoms with Gasteiger partial charge >= 0.3 is 0 Å². The van der Waals surface area contributed by atoms with E-state index in [0.29, 0.717) is 19.0 Å². The Labute approximate surface area is 126 Å². The molecular formula is C16H25FN2O2. The maximum absolute atomic E-state index is 13.6. The van der Waals surface area contributed by atoms with E-state index in [2.05, 4.69) is 19.2 Å². The van der Waals surface area contributed by atoms with E-state index in [-0.39, 0.29) is 11.7 Å². The SMILES string of the molecule is COc1ccc(CN(C)C(=O)CCCNC(C)C)cc1F. The molecule has 5 heteroatoms.